The molecule has 0 aromatic heterocycles. The normalized spacial score (nSPS) is 30.8. The molecule has 0 bridgehead atoms. The summed E-state index contributed by atoms with van der Waals surface area (Å²) in [7, 11) is 0. The largest absolute Gasteiger partial charge is 0.110 e. The van der Waals surface area contributed by atoms with E-state index >= 15 is 0 Å². The minimum absolute atomic E-state index is 0.565. The van der Waals surface area contributed by atoms with Gasteiger partial charge >= 0.3 is 0 Å². The van der Waals surface area contributed by atoms with Crippen LogP contribution in [0.15, 0.2) is 34.9 Å². The Balaban J connectivity index is 2.95. The summed E-state index contributed by atoms with van der Waals surface area (Å²) >= 11 is 17.6. The first-order valence-corrected chi connectivity index (χ1v) is 4.26. The summed E-state index contributed by atoms with van der Waals surface area (Å²) in [4.78, 5) is -0.594. The van der Waals surface area contributed by atoms with Gasteiger partial charge in [0.25, 0.3) is 0 Å². The molecule has 0 N–H and O–H groups in total. The second kappa shape index (κ2) is 3.22. The molecule has 0 saturated carbocycles. The second-order valence-electron chi connectivity index (χ2n) is 2.43. The number of halogens is 3. The highest BCUT2D eigenvalue weighted by Gasteiger charge is 2.25. The lowest BCUT2D eigenvalue weighted by atomic mass is 10.00. The zero-order valence-corrected chi connectivity index (χ0v) is 8.05. The van der Waals surface area contributed by atoms with Crippen LogP contribution in [0.2, 0.25) is 0 Å². The Labute approximate surface area is 81.1 Å². The third kappa shape index (κ3) is 2.26. The third-order valence-corrected chi connectivity index (χ3v) is 2.31. The molecule has 0 radical (unpaired) electrons. The molecule has 0 heterocycles. The van der Waals surface area contributed by atoms with E-state index in [2.05, 4.69) is 6.58 Å². The first-order valence-electron chi connectivity index (χ1n) is 3.13. The van der Waals surface area contributed by atoms with E-state index in [1.54, 1.807) is 18.2 Å². The summed E-state index contributed by atoms with van der Waals surface area (Å²) in [6, 6.07) is 0. The van der Waals surface area contributed by atoms with Crippen molar-refractivity contribution in [2.45, 2.75) is 11.3 Å². The number of alkyl halides is 1. The van der Waals surface area contributed by atoms with E-state index in [1.807, 2.05) is 0 Å². The van der Waals surface area contributed by atoms with Crippen LogP contribution in [0.4, 0.5) is 0 Å². The van der Waals surface area contributed by atoms with Crippen molar-refractivity contribution in [2.75, 3.05) is 0 Å². The first kappa shape index (κ1) is 9.18. The van der Waals surface area contributed by atoms with E-state index in [0.717, 1.165) is 0 Å². The van der Waals surface area contributed by atoms with E-state index < -0.39 is 4.87 Å². The van der Waals surface area contributed by atoms with Crippen molar-refractivity contribution in [1.82, 2.24) is 0 Å². The molecule has 3 heteroatoms. The monoisotopic (exact) mass is 208 g/mol. The van der Waals surface area contributed by atoms with Crippen LogP contribution in [0.3, 0.4) is 0 Å². The van der Waals surface area contributed by atoms with Crippen LogP contribution in [-0.4, -0.2) is 4.87 Å². The topological polar surface area (TPSA) is 0 Å². The molecule has 1 aliphatic rings. The Bertz CT molecular complexity index is 240. The minimum Gasteiger partial charge on any atom is -0.110 e. The SMILES string of the molecule is C=CC1(Cl)C=C(Cl)C=C(Cl)C1. The van der Waals surface area contributed by atoms with E-state index in [0.29, 0.717) is 16.5 Å². The van der Waals surface area contributed by atoms with Crippen LogP contribution in [0.25, 0.3) is 0 Å². The lowest BCUT2D eigenvalue weighted by molar-refractivity contribution is 0.854. The van der Waals surface area contributed by atoms with Crippen molar-refractivity contribution in [3.63, 3.8) is 0 Å². The van der Waals surface area contributed by atoms with Gasteiger partial charge in [-0.05, 0) is 12.2 Å². The van der Waals surface area contributed by atoms with Crippen molar-refractivity contribution in [3.05, 3.63) is 34.9 Å². The second-order valence-corrected chi connectivity index (χ2v) is 4.05. The predicted molar refractivity (Wildman–Crippen MR) is 51.3 cm³/mol. The molecular weight excluding hydrogens is 202 g/mol. The highest BCUT2D eigenvalue weighted by molar-refractivity contribution is 6.37. The quantitative estimate of drug-likeness (QED) is 0.455. The maximum Gasteiger partial charge on any atom is 0.0869 e. The van der Waals surface area contributed by atoms with E-state index in [-0.39, 0.29) is 0 Å². The molecule has 11 heavy (non-hydrogen) atoms. The van der Waals surface area contributed by atoms with Crippen molar-refractivity contribution < 1.29 is 0 Å². The Hall–Kier alpha value is 0.0900. The average molecular weight is 210 g/mol. The van der Waals surface area contributed by atoms with E-state index in [4.69, 9.17) is 34.8 Å². The summed E-state index contributed by atoms with van der Waals surface area (Å²) in [6.07, 6.45) is 5.62. The van der Waals surface area contributed by atoms with Crippen LogP contribution < -0.4 is 0 Å². The number of rotatable bonds is 1. The van der Waals surface area contributed by atoms with Gasteiger partial charge < -0.3 is 0 Å². The standard InChI is InChI=1S/C8H7Cl3/c1-2-8(11)4-6(9)3-7(10)5-8/h2-4H,1,5H2. The van der Waals surface area contributed by atoms with Crippen molar-refractivity contribution in [3.8, 4) is 0 Å². The van der Waals surface area contributed by atoms with Crippen LogP contribution in [-0.2, 0) is 0 Å². The number of hydrogen-bond donors (Lipinski definition) is 0. The van der Waals surface area contributed by atoms with Crippen molar-refractivity contribution in [1.29, 1.82) is 0 Å². The highest BCUT2D eigenvalue weighted by Crippen LogP contribution is 2.35. The smallest absolute Gasteiger partial charge is 0.0869 e. The molecule has 0 aliphatic heterocycles. The van der Waals surface area contributed by atoms with Gasteiger partial charge in [0.05, 0.1) is 4.87 Å². The van der Waals surface area contributed by atoms with Gasteiger partial charge in [-0.15, -0.1) is 18.2 Å². The predicted octanol–water partition coefficient (Wildman–Crippen LogP) is 3.80. The molecule has 0 aromatic rings. The first-order chi connectivity index (χ1) is 5.06. The molecule has 0 nitrogen and oxygen atoms in total. The summed E-state index contributed by atoms with van der Waals surface area (Å²) in [5.41, 5.74) is 0. The van der Waals surface area contributed by atoms with Gasteiger partial charge in [-0.1, -0.05) is 29.3 Å². The zero-order valence-electron chi connectivity index (χ0n) is 5.78. The van der Waals surface area contributed by atoms with Crippen LogP contribution in [0.5, 0.6) is 0 Å². The molecule has 1 unspecified atom stereocenters. The summed E-state index contributed by atoms with van der Waals surface area (Å²) in [5, 5.41) is 1.23. The van der Waals surface area contributed by atoms with Crippen molar-refractivity contribution >= 4 is 34.8 Å². The molecule has 0 amide bonds. The fourth-order valence-electron chi connectivity index (χ4n) is 0.913. The Morgan fingerprint density at radius 3 is 2.64 bits per heavy atom. The molecule has 0 aromatic carbocycles. The van der Waals surface area contributed by atoms with Crippen LogP contribution in [0.1, 0.15) is 6.42 Å². The molecule has 1 atom stereocenters. The molecule has 0 spiro atoms. The molecule has 1 aliphatic carbocycles. The Morgan fingerprint density at radius 2 is 2.18 bits per heavy atom. The molecule has 1 rings (SSSR count). The zero-order chi connectivity index (χ0) is 8.48. The molecule has 0 saturated heterocycles. The van der Waals surface area contributed by atoms with Gasteiger partial charge in [0.2, 0.25) is 0 Å². The fraction of sp³-hybridized carbons (Fsp3) is 0.250. The van der Waals surface area contributed by atoms with Gasteiger partial charge in [-0.25, -0.2) is 0 Å². The average Bonchev–Trinajstić information content (AvgIpc) is 1.84. The highest BCUT2D eigenvalue weighted by atomic mass is 35.5. The Morgan fingerprint density at radius 1 is 1.55 bits per heavy atom. The maximum absolute atomic E-state index is 6.05. The van der Waals surface area contributed by atoms with Crippen LogP contribution in [0, 0.1) is 0 Å². The van der Waals surface area contributed by atoms with Gasteiger partial charge in [0, 0.05) is 16.5 Å². The molecular formula is C8H7Cl3. The fourth-order valence-corrected chi connectivity index (χ4v) is 2.02. The van der Waals surface area contributed by atoms with Gasteiger partial charge in [-0.3, -0.25) is 0 Å². The lowest BCUT2D eigenvalue weighted by Crippen LogP contribution is -2.16. The molecule has 0 fully saturated rings. The number of allylic oxidation sites excluding steroid dienone is 5. The van der Waals surface area contributed by atoms with Gasteiger partial charge in [0.15, 0.2) is 0 Å². The van der Waals surface area contributed by atoms with Gasteiger partial charge in [-0.2, -0.15) is 0 Å². The maximum atomic E-state index is 6.05. The number of hydrogen-bond acceptors (Lipinski definition) is 0. The van der Waals surface area contributed by atoms with Crippen LogP contribution >= 0.6 is 34.8 Å². The molecule has 60 valence electrons. The summed E-state index contributed by atoms with van der Waals surface area (Å²) < 4.78 is 0. The van der Waals surface area contributed by atoms with Gasteiger partial charge in [0.1, 0.15) is 0 Å². The lowest BCUT2D eigenvalue weighted by Gasteiger charge is -2.21. The minimum atomic E-state index is -0.594. The third-order valence-electron chi connectivity index (χ3n) is 1.45. The summed E-state index contributed by atoms with van der Waals surface area (Å²) in [6.45, 7) is 3.60. The van der Waals surface area contributed by atoms with Crippen molar-refractivity contribution in [2.24, 2.45) is 0 Å². The Kier molecular flexibility index (Phi) is 2.69. The van der Waals surface area contributed by atoms with E-state index in [1.165, 1.54) is 0 Å². The van der Waals surface area contributed by atoms with E-state index in [9.17, 15) is 0 Å². The summed E-state index contributed by atoms with van der Waals surface area (Å²) in [5.74, 6) is 0.